The quantitative estimate of drug-likeness (QED) is 0.794. The normalized spacial score (nSPS) is 13.7. The Morgan fingerprint density at radius 1 is 1.40 bits per heavy atom. The number of nitrogens with one attached hydrogen (secondary N) is 1. The molecule has 0 amide bonds. The van der Waals surface area contributed by atoms with Gasteiger partial charge < -0.3 is 10.1 Å². The Morgan fingerprint density at radius 2 is 2.15 bits per heavy atom. The zero-order valence-corrected chi connectivity index (χ0v) is 11.6. The van der Waals surface area contributed by atoms with Crippen molar-refractivity contribution in [2.75, 3.05) is 14.2 Å². The highest BCUT2D eigenvalue weighted by Crippen LogP contribution is 2.27. The third-order valence-corrected chi connectivity index (χ3v) is 3.41. The second-order valence-corrected chi connectivity index (χ2v) is 4.42. The minimum Gasteiger partial charge on any atom is -0.467 e. The molecule has 0 aliphatic carbocycles. The monoisotopic (exact) mass is 274 g/mol. The Morgan fingerprint density at radius 3 is 2.70 bits per heavy atom. The second-order valence-electron chi connectivity index (χ2n) is 4.42. The Bertz CT molecular complexity index is 542. The van der Waals surface area contributed by atoms with Crippen molar-refractivity contribution in [1.29, 1.82) is 0 Å². The highest BCUT2D eigenvalue weighted by atomic mass is 16.5. The molecule has 20 heavy (non-hydrogen) atoms. The molecule has 2 aromatic rings. The highest BCUT2D eigenvalue weighted by Gasteiger charge is 2.39. The fraction of sp³-hybridized carbons (Fsp3) is 0.357. The van der Waals surface area contributed by atoms with Crippen molar-refractivity contribution in [3.05, 3.63) is 48.5 Å². The first-order valence-corrected chi connectivity index (χ1v) is 6.38. The fourth-order valence-corrected chi connectivity index (χ4v) is 2.26. The number of carbonyl (C=O) groups excluding carboxylic acids is 1. The maximum atomic E-state index is 12.3. The maximum absolute atomic E-state index is 12.3. The van der Waals surface area contributed by atoms with Crippen LogP contribution in [0.2, 0.25) is 0 Å². The van der Waals surface area contributed by atoms with Crippen LogP contribution in [0.1, 0.15) is 12.0 Å². The molecular weight excluding hydrogens is 256 g/mol. The van der Waals surface area contributed by atoms with Gasteiger partial charge in [-0.1, -0.05) is 30.3 Å². The van der Waals surface area contributed by atoms with Gasteiger partial charge in [-0.2, -0.15) is 5.10 Å². The summed E-state index contributed by atoms with van der Waals surface area (Å²) in [7, 11) is 3.15. The van der Waals surface area contributed by atoms with Gasteiger partial charge in [0.15, 0.2) is 0 Å². The van der Waals surface area contributed by atoms with E-state index in [1.54, 1.807) is 18.1 Å². The summed E-state index contributed by atoms with van der Waals surface area (Å²) in [4.78, 5) is 16.2. The van der Waals surface area contributed by atoms with E-state index in [1.165, 1.54) is 13.4 Å². The zero-order valence-electron chi connectivity index (χ0n) is 11.6. The summed E-state index contributed by atoms with van der Waals surface area (Å²) < 4.78 is 6.68. The van der Waals surface area contributed by atoms with Crippen molar-refractivity contribution in [3.8, 4) is 0 Å². The molecule has 1 heterocycles. The summed E-state index contributed by atoms with van der Waals surface area (Å²) in [6, 6.07) is 9.54. The Kier molecular flexibility index (Phi) is 4.47. The standard InChI is InChI=1S/C14H18N4O2/c1-15-14(13(19)20-2,12-6-4-3-5-7-12)8-9-18-11-16-10-17-18/h3-7,10-11,15H,8-9H2,1-2H3. The average molecular weight is 274 g/mol. The van der Waals surface area contributed by atoms with Crippen molar-refractivity contribution in [2.45, 2.75) is 18.5 Å². The smallest absolute Gasteiger partial charge is 0.330 e. The molecule has 0 radical (unpaired) electrons. The van der Waals surface area contributed by atoms with Gasteiger partial charge in [0.25, 0.3) is 0 Å². The summed E-state index contributed by atoms with van der Waals surface area (Å²) in [6.45, 7) is 0.560. The number of benzene rings is 1. The number of carbonyl (C=O) groups is 1. The highest BCUT2D eigenvalue weighted by molar-refractivity contribution is 5.82. The number of likely N-dealkylation sites (N-methyl/N-ethyl adjacent to an activating group) is 1. The van der Waals surface area contributed by atoms with E-state index >= 15 is 0 Å². The molecule has 0 aliphatic heterocycles. The predicted octanol–water partition coefficient (Wildman–Crippen LogP) is 0.956. The van der Waals surface area contributed by atoms with Gasteiger partial charge in [0.05, 0.1) is 7.11 Å². The summed E-state index contributed by atoms with van der Waals surface area (Å²) >= 11 is 0. The molecule has 1 aromatic heterocycles. The van der Waals surface area contributed by atoms with Gasteiger partial charge in [0.1, 0.15) is 18.2 Å². The van der Waals surface area contributed by atoms with Crippen LogP contribution in [0.15, 0.2) is 43.0 Å². The van der Waals surface area contributed by atoms with Gasteiger partial charge in [-0.15, -0.1) is 0 Å². The van der Waals surface area contributed by atoms with Gasteiger partial charge in [-0.25, -0.2) is 9.78 Å². The van der Waals surface area contributed by atoms with Crippen LogP contribution >= 0.6 is 0 Å². The lowest BCUT2D eigenvalue weighted by atomic mass is 9.86. The van der Waals surface area contributed by atoms with Gasteiger partial charge in [0, 0.05) is 13.0 Å². The fourth-order valence-electron chi connectivity index (χ4n) is 2.26. The minimum atomic E-state index is -0.887. The third-order valence-electron chi connectivity index (χ3n) is 3.41. The molecule has 1 atom stereocenters. The molecule has 2 rings (SSSR count). The van der Waals surface area contributed by atoms with Crippen LogP contribution in [-0.4, -0.2) is 34.9 Å². The molecule has 1 aromatic carbocycles. The topological polar surface area (TPSA) is 69.0 Å². The van der Waals surface area contributed by atoms with Gasteiger partial charge in [-0.3, -0.25) is 4.68 Å². The summed E-state index contributed by atoms with van der Waals surface area (Å²) in [5, 5.41) is 7.17. The van der Waals surface area contributed by atoms with Crippen LogP contribution in [0.25, 0.3) is 0 Å². The lowest BCUT2D eigenvalue weighted by molar-refractivity contribution is -0.149. The first-order valence-electron chi connectivity index (χ1n) is 6.38. The van der Waals surface area contributed by atoms with Gasteiger partial charge >= 0.3 is 5.97 Å². The molecule has 0 spiro atoms. The van der Waals surface area contributed by atoms with Crippen molar-refractivity contribution in [2.24, 2.45) is 0 Å². The number of aryl methyl sites for hydroxylation is 1. The van der Waals surface area contributed by atoms with Gasteiger partial charge in [0.2, 0.25) is 0 Å². The van der Waals surface area contributed by atoms with Gasteiger partial charge in [-0.05, 0) is 12.6 Å². The van der Waals surface area contributed by atoms with E-state index in [-0.39, 0.29) is 5.97 Å². The summed E-state index contributed by atoms with van der Waals surface area (Å²) in [6.07, 6.45) is 3.62. The molecule has 0 fully saturated rings. The first kappa shape index (κ1) is 14.2. The van der Waals surface area contributed by atoms with Crippen LogP contribution in [0.3, 0.4) is 0 Å². The first-order chi connectivity index (χ1) is 9.73. The Balaban J connectivity index is 2.30. The number of esters is 1. The molecule has 1 unspecified atom stereocenters. The number of hydrogen-bond acceptors (Lipinski definition) is 5. The molecule has 0 bridgehead atoms. The molecule has 6 nitrogen and oxygen atoms in total. The van der Waals surface area contributed by atoms with Crippen molar-refractivity contribution >= 4 is 5.97 Å². The summed E-state index contributed by atoms with van der Waals surface area (Å²) in [5.74, 6) is -0.314. The molecule has 0 saturated heterocycles. The summed E-state index contributed by atoms with van der Waals surface area (Å²) in [5.41, 5.74) is -0.0171. The third kappa shape index (κ3) is 2.70. The number of ether oxygens (including phenoxy) is 1. The van der Waals surface area contributed by atoms with Crippen molar-refractivity contribution in [3.63, 3.8) is 0 Å². The SMILES string of the molecule is CNC(CCn1cncn1)(C(=O)OC)c1ccccc1. The molecule has 106 valence electrons. The van der Waals surface area contributed by atoms with Crippen molar-refractivity contribution < 1.29 is 9.53 Å². The number of rotatable bonds is 6. The van der Waals surface area contributed by atoms with Crippen LogP contribution in [0, 0.1) is 0 Å². The number of methoxy groups -OCH3 is 1. The molecular formula is C14H18N4O2. The van der Waals surface area contributed by atoms with E-state index < -0.39 is 5.54 Å². The van der Waals surface area contributed by atoms with Crippen LogP contribution in [-0.2, 0) is 21.6 Å². The Hall–Kier alpha value is -2.21. The molecule has 1 N–H and O–H groups in total. The number of aromatic nitrogens is 3. The number of nitrogens with zero attached hydrogens (tertiary/aromatic N) is 3. The van der Waals surface area contributed by atoms with E-state index in [4.69, 9.17) is 4.74 Å². The lowest BCUT2D eigenvalue weighted by Crippen LogP contribution is -2.48. The van der Waals surface area contributed by atoms with E-state index in [1.807, 2.05) is 30.3 Å². The van der Waals surface area contributed by atoms with Crippen LogP contribution in [0.5, 0.6) is 0 Å². The molecule has 0 aliphatic rings. The Labute approximate surface area is 117 Å². The zero-order chi connectivity index (χ0) is 14.4. The van der Waals surface area contributed by atoms with E-state index in [0.717, 1.165) is 5.56 Å². The van der Waals surface area contributed by atoms with Crippen molar-refractivity contribution in [1.82, 2.24) is 20.1 Å². The van der Waals surface area contributed by atoms with E-state index in [2.05, 4.69) is 15.4 Å². The van der Waals surface area contributed by atoms with E-state index in [9.17, 15) is 4.79 Å². The van der Waals surface area contributed by atoms with Crippen LogP contribution < -0.4 is 5.32 Å². The molecule has 0 saturated carbocycles. The minimum absolute atomic E-state index is 0.314. The number of hydrogen-bond donors (Lipinski definition) is 1. The predicted molar refractivity (Wildman–Crippen MR) is 73.8 cm³/mol. The average Bonchev–Trinajstić information content (AvgIpc) is 3.02. The van der Waals surface area contributed by atoms with E-state index in [0.29, 0.717) is 13.0 Å². The lowest BCUT2D eigenvalue weighted by Gasteiger charge is -2.31. The molecule has 6 heteroatoms. The second kappa shape index (κ2) is 6.29. The van der Waals surface area contributed by atoms with Crippen LogP contribution in [0.4, 0.5) is 0 Å². The maximum Gasteiger partial charge on any atom is 0.330 e. The largest absolute Gasteiger partial charge is 0.467 e.